The third kappa shape index (κ3) is 4.03. The van der Waals surface area contributed by atoms with Crippen molar-refractivity contribution >= 4 is 29.1 Å². The van der Waals surface area contributed by atoms with Crippen molar-refractivity contribution in [1.29, 1.82) is 0 Å². The molecule has 2 amide bonds. The average molecular weight is 377 g/mol. The van der Waals surface area contributed by atoms with Gasteiger partial charge in [0.25, 0.3) is 0 Å². The van der Waals surface area contributed by atoms with Gasteiger partial charge in [-0.2, -0.15) is 0 Å². The fraction of sp³-hybridized carbons (Fsp3) is 0.556. The summed E-state index contributed by atoms with van der Waals surface area (Å²) in [6.07, 6.45) is 7.65. The molecule has 0 bridgehead atoms. The smallest absolute Gasteiger partial charge is 0.317 e. The van der Waals surface area contributed by atoms with E-state index in [1.165, 1.54) is 11.3 Å². The van der Waals surface area contributed by atoms with Crippen molar-refractivity contribution in [2.75, 3.05) is 12.3 Å². The number of hydrogen-bond acceptors (Lipinski definition) is 4. The number of nitrogens with zero attached hydrogens (tertiary/aromatic N) is 3. The molecule has 0 aliphatic carbocycles. The van der Waals surface area contributed by atoms with E-state index < -0.39 is 0 Å². The second-order valence-electron chi connectivity index (χ2n) is 6.68. The fourth-order valence-electron chi connectivity index (χ4n) is 3.65. The van der Waals surface area contributed by atoms with Gasteiger partial charge in [-0.1, -0.05) is 17.8 Å². The van der Waals surface area contributed by atoms with E-state index in [1.807, 2.05) is 11.3 Å². The van der Waals surface area contributed by atoms with E-state index >= 15 is 0 Å². The van der Waals surface area contributed by atoms with E-state index in [0.29, 0.717) is 12.6 Å². The Kier molecular flexibility index (Phi) is 5.31. The van der Waals surface area contributed by atoms with Crippen molar-refractivity contribution in [3.05, 3.63) is 34.3 Å². The molecule has 4 heterocycles. The highest BCUT2D eigenvalue weighted by molar-refractivity contribution is 7.99. The van der Waals surface area contributed by atoms with Crippen LogP contribution in [0.2, 0.25) is 0 Å². The number of thioether (sulfide) groups is 1. The van der Waals surface area contributed by atoms with Crippen molar-refractivity contribution in [2.24, 2.45) is 0 Å². The van der Waals surface area contributed by atoms with Crippen molar-refractivity contribution in [2.45, 2.75) is 56.4 Å². The van der Waals surface area contributed by atoms with E-state index in [4.69, 9.17) is 0 Å². The number of piperidine rings is 1. The Balaban J connectivity index is 1.31. The van der Waals surface area contributed by atoms with E-state index in [-0.39, 0.29) is 6.03 Å². The number of aromatic nitrogens is 2. The lowest BCUT2D eigenvalue weighted by molar-refractivity contribution is 0.146. The van der Waals surface area contributed by atoms with Crippen molar-refractivity contribution in [3.8, 4) is 0 Å². The lowest BCUT2D eigenvalue weighted by atomic mass is 9.98. The maximum Gasteiger partial charge on any atom is 0.317 e. The number of urea groups is 1. The topological polar surface area (TPSA) is 50.2 Å². The molecule has 2 aromatic rings. The fourth-order valence-corrected chi connectivity index (χ4v) is 5.33. The minimum absolute atomic E-state index is 0.0664. The highest BCUT2D eigenvalue weighted by Gasteiger charge is 2.26. The summed E-state index contributed by atoms with van der Waals surface area (Å²) in [7, 11) is 0. The Morgan fingerprint density at radius 1 is 1.36 bits per heavy atom. The van der Waals surface area contributed by atoms with Gasteiger partial charge in [-0.3, -0.25) is 0 Å². The summed E-state index contributed by atoms with van der Waals surface area (Å²) in [6, 6.07) is 4.72. The molecule has 25 heavy (non-hydrogen) atoms. The Labute approximate surface area is 156 Å². The quantitative estimate of drug-likeness (QED) is 0.865. The summed E-state index contributed by atoms with van der Waals surface area (Å²) in [5, 5.41) is 6.29. The summed E-state index contributed by atoms with van der Waals surface area (Å²) >= 11 is 3.59. The Morgan fingerprint density at radius 2 is 2.32 bits per heavy atom. The first-order valence-electron chi connectivity index (χ1n) is 9.05. The van der Waals surface area contributed by atoms with Gasteiger partial charge >= 0.3 is 6.03 Å². The number of hydrogen-bond donors (Lipinski definition) is 1. The van der Waals surface area contributed by atoms with Gasteiger partial charge in [-0.15, -0.1) is 11.3 Å². The SMILES string of the molecule is O=C(NCc1cn2c(n1)SCC2)N1CCCC[C@H]1CCc1cccs1. The zero-order valence-corrected chi connectivity index (χ0v) is 16.0. The molecule has 0 unspecified atom stereocenters. The zero-order valence-electron chi connectivity index (χ0n) is 14.3. The maximum absolute atomic E-state index is 12.7. The second kappa shape index (κ2) is 7.83. The number of nitrogens with one attached hydrogen (secondary N) is 1. The summed E-state index contributed by atoms with van der Waals surface area (Å²) in [5.74, 6) is 1.11. The molecule has 4 rings (SSSR count). The molecule has 0 spiro atoms. The van der Waals surface area contributed by atoms with E-state index in [1.54, 1.807) is 11.8 Å². The normalized spacial score (nSPS) is 19.8. The van der Waals surface area contributed by atoms with E-state index in [9.17, 15) is 4.79 Å². The highest BCUT2D eigenvalue weighted by Crippen LogP contribution is 2.25. The number of thiophene rings is 1. The van der Waals surface area contributed by atoms with E-state index in [2.05, 4.69) is 43.5 Å². The molecule has 5 nitrogen and oxygen atoms in total. The number of likely N-dealkylation sites (tertiary alicyclic amines) is 1. The predicted molar refractivity (Wildman–Crippen MR) is 102 cm³/mol. The van der Waals surface area contributed by atoms with Crippen molar-refractivity contribution in [3.63, 3.8) is 0 Å². The number of aryl methyl sites for hydroxylation is 2. The van der Waals surface area contributed by atoms with Crippen LogP contribution < -0.4 is 5.32 Å². The van der Waals surface area contributed by atoms with Gasteiger partial charge in [0.05, 0.1) is 12.2 Å². The van der Waals surface area contributed by atoms with Crippen LogP contribution in [0.4, 0.5) is 4.79 Å². The monoisotopic (exact) mass is 376 g/mol. The van der Waals surface area contributed by atoms with Gasteiger partial charge in [0.15, 0.2) is 5.16 Å². The van der Waals surface area contributed by atoms with Crippen LogP contribution in [0.25, 0.3) is 0 Å². The van der Waals surface area contributed by atoms with E-state index in [0.717, 1.165) is 55.4 Å². The molecule has 0 aromatic carbocycles. The molecule has 0 saturated carbocycles. The molecule has 1 N–H and O–H groups in total. The van der Waals surface area contributed by atoms with Crippen LogP contribution in [0.3, 0.4) is 0 Å². The zero-order chi connectivity index (χ0) is 17.1. The number of imidazole rings is 1. The van der Waals surface area contributed by atoms with Crippen molar-refractivity contribution < 1.29 is 4.79 Å². The molecule has 7 heteroatoms. The lowest BCUT2D eigenvalue weighted by Crippen LogP contribution is -2.48. The lowest BCUT2D eigenvalue weighted by Gasteiger charge is -2.35. The first kappa shape index (κ1) is 17.0. The van der Waals surface area contributed by atoms with Crippen LogP contribution in [0.15, 0.2) is 28.9 Å². The molecule has 2 aliphatic rings. The van der Waals surface area contributed by atoms with Gasteiger partial charge in [0, 0.05) is 36.0 Å². The number of amides is 2. The first-order chi connectivity index (χ1) is 12.3. The standard InChI is InChI=1S/C18H24N4OS2/c23-17(19-12-14-13-21-9-11-25-18(21)20-14)22-8-2-1-4-15(22)6-7-16-5-3-10-24-16/h3,5,10,13,15H,1-2,4,6-9,11-12H2,(H,19,23)/t15-/m0/s1. The van der Waals surface area contributed by atoms with Crippen molar-refractivity contribution in [1.82, 2.24) is 19.8 Å². The number of carbonyl (C=O) groups is 1. The Morgan fingerprint density at radius 3 is 3.16 bits per heavy atom. The number of carbonyl (C=O) groups excluding carboxylic acids is 1. The third-order valence-electron chi connectivity index (χ3n) is 4.97. The van der Waals surface area contributed by atoms with Crippen LogP contribution in [0, 0.1) is 0 Å². The van der Waals surface area contributed by atoms with Crippen LogP contribution in [0.5, 0.6) is 0 Å². The predicted octanol–water partition coefficient (Wildman–Crippen LogP) is 3.75. The first-order valence-corrected chi connectivity index (χ1v) is 10.9. The molecule has 2 aliphatic heterocycles. The third-order valence-corrected chi connectivity index (χ3v) is 6.87. The largest absolute Gasteiger partial charge is 0.332 e. The maximum atomic E-state index is 12.7. The molecule has 1 fully saturated rings. The summed E-state index contributed by atoms with van der Waals surface area (Å²) in [5.41, 5.74) is 0.961. The van der Waals surface area contributed by atoms with Gasteiger partial charge in [-0.05, 0) is 43.6 Å². The van der Waals surface area contributed by atoms with Gasteiger partial charge < -0.3 is 14.8 Å². The van der Waals surface area contributed by atoms with Gasteiger partial charge in [-0.25, -0.2) is 9.78 Å². The second-order valence-corrected chi connectivity index (χ2v) is 8.77. The van der Waals surface area contributed by atoms with Gasteiger partial charge in [0.1, 0.15) is 0 Å². The summed E-state index contributed by atoms with van der Waals surface area (Å²) in [4.78, 5) is 20.8. The minimum Gasteiger partial charge on any atom is -0.332 e. The number of fused-ring (bicyclic) bond motifs is 1. The Bertz CT molecular complexity index is 691. The van der Waals surface area contributed by atoms with Crippen LogP contribution >= 0.6 is 23.1 Å². The molecule has 1 saturated heterocycles. The molecule has 0 radical (unpaired) electrons. The van der Waals surface area contributed by atoms with Crippen LogP contribution in [-0.2, 0) is 19.5 Å². The summed E-state index contributed by atoms with van der Waals surface area (Å²) < 4.78 is 2.18. The minimum atomic E-state index is 0.0664. The molecule has 1 atom stereocenters. The van der Waals surface area contributed by atoms with Crippen LogP contribution in [0.1, 0.15) is 36.3 Å². The summed E-state index contributed by atoms with van der Waals surface area (Å²) in [6.45, 7) is 2.42. The van der Waals surface area contributed by atoms with Crippen LogP contribution in [-0.4, -0.2) is 38.8 Å². The molecular formula is C18H24N4OS2. The molecular weight excluding hydrogens is 352 g/mol. The Hall–Kier alpha value is -1.47. The highest BCUT2D eigenvalue weighted by atomic mass is 32.2. The number of rotatable bonds is 5. The van der Waals surface area contributed by atoms with Gasteiger partial charge in [0.2, 0.25) is 0 Å². The molecule has 2 aromatic heterocycles. The average Bonchev–Trinajstić information content (AvgIpc) is 3.35. The molecule has 134 valence electrons.